The van der Waals surface area contributed by atoms with Crippen LogP contribution in [-0.4, -0.2) is 12.3 Å². The quantitative estimate of drug-likeness (QED) is 0.885. The summed E-state index contributed by atoms with van der Waals surface area (Å²) in [7, 11) is 1.45. The van der Waals surface area contributed by atoms with Crippen molar-refractivity contribution in [3.05, 3.63) is 47.1 Å². The molecule has 0 aliphatic heterocycles. The zero-order valence-corrected chi connectivity index (χ0v) is 10.4. The molecule has 2 aromatic rings. The Morgan fingerprint density at radius 3 is 2.89 bits per heavy atom. The van der Waals surface area contributed by atoms with E-state index < -0.39 is 0 Å². The topological polar surface area (TPSA) is 47.3 Å². The highest BCUT2D eigenvalue weighted by atomic mass is 19.1. The van der Waals surface area contributed by atoms with Gasteiger partial charge >= 0.3 is 0 Å². The van der Waals surface area contributed by atoms with Crippen molar-refractivity contribution in [3.63, 3.8) is 0 Å². The van der Waals surface area contributed by atoms with Crippen LogP contribution in [-0.2, 0) is 13.1 Å². The van der Waals surface area contributed by atoms with Crippen molar-refractivity contribution in [3.8, 4) is 5.75 Å². The van der Waals surface area contributed by atoms with Crippen LogP contribution in [0.4, 0.5) is 4.39 Å². The maximum Gasteiger partial charge on any atom is 0.169 e. The van der Waals surface area contributed by atoms with Gasteiger partial charge in [-0.05, 0) is 13.0 Å². The molecule has 0 bridgehead atoms. The third-order valence-corrected chi connectivity index (χ3v) is 2.56. The molecule has 0 atom stereocenters. The molecule has 0 unspecified atom stereocenters. The lowest BCUT2D eigenvalue weighted by molar-refractivity contribution is 0.381. The summed E-state index contributed by atoms with van der Waals surface area (Å²) < 4.78 is 23.7. The smallest absolute Gasteiger partial charge is 0.169 e. The highest BCUT2D eigenvalue weighted by Gasteiger charge is 2.08. The number of methoxy groups -OCH3 is 1. The Balaban J connectivity index is 1.94. The summed E-state index contributed by atoms with van der Waals surface area (Å²) >= 11 is 0. The zero-order valence-electron chi connectivity index (χ0n) is 10.4. The van der Waals surface area contributed by atoms with Crippen molar-refractivity contribution in [1.82, 2.24) is 10.5 Å². The van der Waals surface area contributed by atoms with Crippen LogP contribution in [0.2, 0.25) is 0 Å². The minimum Gasteiger partial charge on any atom is -0.494 e. The number of benzene rings is 1. The lowest BCUT2D eigenvalue weighted by Crippen LogP contribution is -2.14. The summed E-state index contributed by atoms with van der Waals surface area (Å²) in [6.07, 6.45) is 0. The Morgan fingerprint density at radius 2 is 2.22 bits per heavy atom. The molecule has 5 heteroatoms. The number of ether oxygens (including phenoxy) is 1. The van der Waals surface area contributed by atoms with Crippen molar-refractivity contribution >= 4 is 0 Å². The van der Waals surface area contributed by atoms with E-state index in [1.165, 1.54) is 7.11 Å². The molecule has 96 valence electrons. The van der Waals surface area contributed by atoms with Crippen LogP contribution >= 0.6 is 0 Å². The van der Waals surface area contributed by atoms with Gasteiger partial charge in [0.2, 0.25) is 0 Å². The van der Waals surface area contributed by atoms with E-state index in [0.29, 0.717) is 18.7 Å². The fourth-order valence-electron chi connectivity index (χ4n) is 1.68. The van der Waals surface area contributed by atoms with Crippen LogP contribution < -0.4 is 10.1 Å². The Kier molecular flexibility index (Phi) is 3.94. The first kappa shape index (κ1) is 12.6. The van der Waals surface area contributed by atoms with Gasteiger partial charge in [0.1, 0.15) is 5.76 Å². The van der Waals surface area contributed by atoms with Gasteiger partial charge in [-0.2, -0.15) is 0 Å². The molecule has 18 heavy (non-hydrogen) atoms. The molecule has 0 saturated carbocycles. The van der Waals surface area contributed by atoms with Crippen LogP contribution in [0.5, 0.6) is 5.75 Å². The van der Waals surface area contributed by atoms with Crippen molar-refractivity contribution in [2.24, 2.45) is 0 Å². The van der Waals surface area contributed by atoms with Gasteiger partial charge in [0, 0.05) is 24.7 Å². The first-order valence-corrected chi connectivity index (χ1v) is 5.65. The second-order valence-corrected chi connectivity index (χ2v) is 3.97. The third-order valence-electron chi connectivity index (χ3n) is 2.56. The maximum atomic E-state index is 13.8. The van der Waals surface area contributed by atoms with E-state index in [1.54, 1.807) is 18.2 Å². The van der Waals surface area contributed by atoms with E-state index >= 15 is 0 Å². The van der Waals surface area contributed by atoms with E-state index in [4.69, 9.17) is 9.26 Å². The molecule has 1 N–H and O–H groups in total. The number of aromatic nitrogens is 1. The van der Waals surface area contributed by atoms with Crippen LogP contribution in [0.25, 0.3) is 0 Å². The summed E-state index contributed by atoms with van der Waals surface area (Å²) in [4.78, 5) is 0. The summed E-state index contributed by atoms with van der Waals surface area (Å²) in [6.45, 7) is 2.78. The summed E-state index contributed by atoms with van der Waals surface area (Å²) in [5.41, 5.74) is 1.37. The molecular weight excluding hydrogens is 235 g/mol. The van der Waals surface area contributed by atoms with E-state index in [2.05, 4.69) is 10.5 Å². The molecule has 0 aliphatic carbocycles. The molecule has 1 aromatic carbocycles. The predicted octanol–water partition coefficient (Wildman–Crippen LogP) is 2.42. The van der Waals surface area contributed by atoms with Gasteiger partial charge < -0.3 is 14.6 Å². The normalized spacial score (nSPS) is 10.6. The van der Waals surface area contributed by atoms with Crippen LogP contribution in [0, 0.1) is 12.7 Å². The molecule has 0 saturated heterocycles. The second kappa shape index (κ2) is 5.64. The van der Waals surface area contributed by atoms with Crippen LogP contribution in [0.3, 0.4) is 0 Å². The Morgan fingerprint density at radius 1 is 1.39 bits per heavy atom. The van der Waals surface area contributed by atoms with Gasteiger partial charge in [-0.25, -0.2) is 4.39 Å². The largest absolute Gasteiger partial charge is 0.494 e. The van der Waals surface area contributed by atoms with Crippen LogP contribution in [0.15, 0.2) is 28.8 Å². The van der Waals surface area contributed by atoms with Crippen molar-refractivity contribution < 1.29 is 13.7 Å². The average molecular weight is 250 g/mol. The highest BCUT2D eigenvalue weighted by molar-refractivity contribution is 5.30. The minimum absolute atomic E-state index is 0.256. The Labute approximate surface area is 105 Å². The van der Waals surface area contributed by atoms with Gasteiger partial charge in [0.15, 0.2) is 11.6 Å². The maximum absolute atomic E-state index is 13.8. The molecule has 1 aromatic heterocycles. The minimum atomic E-state index is -0.330. The molecule has 0 radical (unpaired) electrons. The van der Waals surface area contributed by atoms with Crippen molar-refractivity contribution in [2.75, 3.05) is 7.11 Å². The molecule has 0 amide bonds. The average Bonchev–Trinajstić information content (AvgIpc) is 2.77. The number of aryl methyl sites for hydroxylation is 1. The van der Waals surface area contributed by atoms with Crippen molar-refractivity contribution in [2.45, 2.75) is 20.0 Å². The number of halogens is 1. The van der Waals surface area contributed by atoms with Gasteiger partial charge in [-0.3, -0.25) is 0 Å². The van der Waals surface area contributed by atoms with E-state index in [1.807, 2.05) is 13.0 Å². The number of hydrogen-bond donors (Lipinski definition) is 1. The number of rotatable bonds is 5. The molecule has 1 heterocycles. The van der Waals surface area contributed by atoms with E-state index in [-0.39, 0.29) is 11.6 Å². The molecule has 4 nitrogen and oxygen atoms in total. The van der Waals surface area contributed by atoms with Crippen molar-refractivity contribution in [1.29, 1.82) is 0 Å². The number of nitrogens with one attached hydrogen (secondary N) is 1. The number of nitrogens with zero attached hydrogens (tertiary/aromatic N) is 1. The molecule has 0 aliphatic rings. The second-order valence-electron chi connectivity index (χ2n) is 3.97. The van der Waals surface area contributed by atoms with Gasteiger partial charge in [-0.15, -0.1) is 0 Å². The SMILES string of the molecule is COc1cccc(CNCc2cc(C)on2)c1F. The first-order chi connectivity index (χ1) is 8.70. The Hall–Kier alpha value is -1.88. The lowest BCUT2D eigenvalue weighted by Gasteiger charge is -2.07. The van der Waals surface area contributed by atoms with Crippen LogP contribution in [0.1, 0.15) is 17.0 Å². The molecule has 0 spiro atoms. The summed E-state index contributed by atoms with van der Waals surface area (Å²) in [5.74, 6) is 0.690. The number of hydrogen-bond acceptors (Lipinski definition) is 4. The zero-order chi connectivity index (χ0) is 13.0. The third kappa shape index (κ3) is 2.87. The van der Waals surface area contributed by atoms with E-state index in [9.17, 15) is 4.39 Å². The fraction of sp³-hybridized carbons (Fsp3) is 0.308. The lowest BCUT2D eigenvalue weighted by atomic mass is 10.2. The summed E-state index contributed by atoms with van der Waals surface area (Å²) in [6, 6.07) is 6.92. The standard InChI is InChI=1S/C13H15FN2O2/c1-9-6-11(16-18-9)8-15-7-10-4-3-5-12(17-2)13(10)14/h3-6,15H,7-8H2,1-2H3. The molecule has 2 rings (SSSR count). The molecule has 0 fully saturated rings. The predicted molar refractivity (Wildman–Crippen MR) is 64.7 cm³/mol. The van der Waals surface area contributed by atoms with Gasteiger partial charge in [0.25, 0.3) is 0 Å². The first-order valence-electron chi connectivity index (χ1n) is 5.65. The van der Waals surface area contributed by atoms with Gasteiger partial charge in [-0.1, -0.05) is 17.3 Å². The monoisotopic (exact) mass is 250 g/mol. The van der Waals surface area contributed by atoms with Gasteiger partial charge in [0.05, 0.1) is 12.8 Å². The fourth-order valence-corrected chi connectivity index (χ4v) is 1.68. The summed E-state index contributed by atoms with van der Waals surface area (Å²) in [5, 5.41) is 6.95. The highest BCUT2D eigenvalue weighted by Crippen LogP contribution is 2.19. The Bertz CT molecular complexity index is 525. The van der Waals surface area contributed by atoms with E-state index in [0.717, 1.165) is 11.5 Å². The molecular formula is C13H15FN2O2.